The van der Waals surface area contributed by atoms with E-state index in [0.29, 0.717) is 5.56 Å². The third-order valence-electron chi connectivity index (χ3n) is 3.05. The summed E-state index contributed by atoms with van der Waals surface area (Å²) in [4.78, 5) is 5.74. The van der Waals surface area contributed by atoms with Gasteiger partial charge in [-0.1, -0.05) is 12.1 Å². The molecule has 3 N–H and O–H groups in total. The van der Waals surface area contributed by atoms with Gasteiger partial charge in [0, 0.05) is 10.6 Å². The number of benzene rings is 1. The zero-order valence-electron chi connectivity index (χ0n) is 12.3. The fourth-order valence-electron chi connectivity index (χ4n) is 2.19. The van der Waals surface area contributed by atoms with Gasteiger partial charge in [-0.3, -0.25) is 0 Å². The lowest BCUT2D eigenvalue weighted by Crippen LogP contribution is -2.14. The molecule has 0 amide bonds. The summed E-state index contributed by atoms with van der Waals surface area (Å²) in [6.45, 7) is 6.11. The van der Waals surface area contributed by atoms with Crippen molar-refractivity contribution in [2.75, 3.05) is 5.32 Å². The van der Waals surface area contributed by atoms with Gasteiger partial charge in [-0.05, 0) is 38.5 Å². The summed E-state index contributed by atoms with van der Waals surface area (Å²) in [6, 6.07) is 7.33. The Kier molecular flexibility index (Phi) is 4.65. The first-order valence-electron chi connectivity index (χ1n) is 6.54. The molecule has 0 radical (unpaired) electrons. The molecule has 5 nitrogen and oxygen atoms in total. The van der Waals surface area contributed by atoms with E-state index in [-0.39, 0.29) is 11.8 Å². The van der Waals surface area contributed by atoms with Crippen LogP contribution in [-0.2, 0) is 15.8 Å². The molecule has 1 atom stereocenters. The van der Waals surface area contributed by atoms with Crippen molar-refractivity contribution in [2.24, 2.45) is 5.14 Å². The van der Waals surface area contributed by atoms with E-state index in [1.807, 2.05) is 19.1 Å². The predicted octanol–water partition coefficient (Wildman–Crippen LogP) is 2.72. The van der Waals surface area contributed by atoms with Crippen molar-refractivity contribution >= 4 is 27.0 Å². The number of thiazole rings is 1. The number of aromatic nitrogens is 1. The molecule has 114 valence electrons. The Bertz CT molecular complexity index is 721. The molecule has 1 aromatic heterocycles. The van der Waals surface area contributed by atoms with E-state index < -0.39 is 10.0 Å². The Morgan fingerprint density at radius 1 is 1.29 bits per heavy atom. The highest BCUT2D eigenvalue weighted by molar-refractivity contribution is 7.88. The Hall–Kier alpha value is -1.44. The van der Waals surface area contributed by atoms with Crippen molar-refractivity contribution in [3.05, 3.63) is 45.4 Å². The van der Waals surface area contributed by atoms with Gasteiger partial charge in [0.2, 0.25) is 10.0 Å². The first kappa shape index (κ1) is 15.9. The molecule has 0 aliphatic heterocycles. The summed E-state index contributed by atoms with van der Waals surface area (Å²) in [6.07, 6.45) is 0. The summed E-state index contributed by atoms with van der Waals surface area (Å²) in [5.41, 5.74) is 2.65. The van der Waals surface area contributed by atoms with Gasteiger partial charge in [-0.2, -0.15) is 0 Å². The lowest BCUT2D eigenvalue weighted by molar-refractivity contribution is 0.597. The highest BCUT2D eigenvalue weighted by atomic mass is 32.2. The number of aryl methyl sites for hydroxylation is 2. The lowest BCUT2D eigenvalue weighted by Gasteiger charge is -2.14. The van der Waals surface area contributed by atoms with Gasteiger partial charge in [0.1, 0.15) is 0 Å². The van der Waals surface area contributed by atoms with Gasteiger partial charge in [-0.25, -0.2) is 18.5 Å². The van der Waals surface area contributed by atoms with Crippen molar-refractivity contribution in [1.29, 1.82) is 0 Å². The lowest BCUT2D eigenvalue weighted by atomic mass is 10.2. The van der Waals surface area contributed by atoms with E-state index in [1.54, 1.807) is 23.5 Å². The molecule has 21 heavy (non-hydrogen) atoms. The van der Waals surface area contributed by atoms with E-state index in [0.717, 1.165) is 16.4 Å². The van der Waals surface area contributed by atoms with E-state index in [4.69, 9.17) is 5.14 Å². The summed E-state index contributed by atoms with van der Waals surface area (Å²) in [7, 11) is -3.49. The largest absolute Gasteiger partial charge is 0.377 e. The number of sulfonamides is 1. The summed E-state index contributed by atoms with van der Waals surface area (Å²) >= 11 is 1.69. The zero-order valence-corrected chi connectivity index (χ0v) is 13.9. The Morgan fingerprint density at radius 3 is 2.38 bits per heavy atom. The Balaban J connectivity index is 2.08. The minimum Gasteiger partial charge on any atom is -0.377 e. The number of hydrogen-bond donors (Lipinski definition) is 2. The summed E-state index contributed by atoms with van der Waals surface area (Å²) in [5, 5.41) is 9.45. The fraction of sp³-hybridized carbons (Fsp3) is 0.357. The smallest absolute Gasteiger partial charge is 0.213 e. The second kappa shape index (κ2) is 6.13. The van der Waals surface area contributed by atoms with Crippen molar-refractivity contribution in [2.45, 2.75) is 32.6 Å². The first-order valence-corrected chi connectivity index (χ1v) is 9.07. The molecule has 0 fully saturated rings. The van der Waals surface area contributed by atoms with Gasteiger partial charge < -0.3 is 5.32 Å². The van der Waals surface area contributed by atoms with Crippen molar-refractivity contribution in [3.8, 4) is 0 Å². The molecule has 0 saturated carbocycles. The molecule has 0 aliphatic carbocycles. The molecule has 2 rings (SSSR count). The molecule has 1 heterocycles. The average molecular weight is 325 g/mol. The fourth-order valence-corrected chi connectivity index (χ4v) is 3.77. The molecule has 0 spiro atoms. The van der Waals surface area contributed by atoms with Crippen LogP contribution in [0.4, 0.5) is 5.69 Å². The molecular formula is C14H19N3O2S2. The highest BCUT2D eigenvalue weighted by Gasteiger charge is 2.13. The van der Waals surface area contributed by atoms with Crippen LogP contribution in [-0.4, -0.2) is 13.4 Å². The number of nitrogens with two attached hydrogens (primary N) is 1. The van der Waals surface area contributed by atoms with Gasteiger partial charge in [0.05, 0.1) is 22.5 Å². The van der Waals surface area contributed by atoms with Crippen LogP contribution in [0.3, 0.4) is 0 Å². The van der Waals surface area contributed by atoms with Crippen LogP contribution in [0, 0.1) is 13.8 Å². The number of anilines is 1. The number of hydrogen-bond acceptors (Lipinski definition) is 5. The third kappa shape index (κ3) is 4.52. The van der Waals surface area contributed by atoms with Gasteiger partial charge in [0.25, 0.3) is 0 Å². The topological polar surface area (TPSA) is 85.1 Å². The quantitative estimate of drug-likeness (QED) is 0.885. The van der Waals surface area contributed by atoms with Crippen molar-refractivity contribution < 1.29 is 8.42 Å². The SMILES string of the molecule is Cc1nc(C(C)Nc2ccc(CS(N)(=O)=O)cc2)c(C)s1. The Labute approximate surface area is 129 Å². The minimum atomic E-state index is -3.49. The van der Waals surface area contributed by atoms with Crippen molar-refractivity contribution in [1.82, 2.24) is 4.98 Å². The molecule has 0 bridgehead atoms. The van der Waals surface area contributed by atoms with Gasteiger partial charge in [0.15, 0.2) is 0 Å². The average Bonchev–Trinajstić information content (AvgIpc) is 2.69. The maximum Gasteiger partial charge on any atom is 0.213 e. The van der Waals surface area contributed by atoms with E-state index >= 15 is 0 Å². The number of nitrogens with one attached hydrogen (secondary N) is 1. The minimum absolute atomic E-state index is 0.0963. The molecule has 7 heteroatoms. The maximum absolute atomic E-state index is 11.0. The standard InChI is InChI=1S/C14H19N3O2S2/c1-9(14-10(2)20-11(3)17-14)16-13-6-4-12(5-7-13)8-21(15,18)19/h4-7,9,16H,8H2,1-3H3,(H2,15,18,19). The first-order chi connectivity index (χ1) is 9.74. The summed E-state index contributed by atoms with van der Waals surface area (Å²) < 4.78 is 22.1. The second-order valence-electron chi connectivity index (χ2n) is 5.04. The number of rotatable bonds is 5. The molecular weight excluding hydrogens is 306 g/mol. The molecule has 2 aromatic rings. The molecule has 0 saturated heterocycles. The number of nitrogens with zero attached hydrogens (tertiary/aromatic N) is 1. The predicted molar refractivity (Wildman–Crippen MR) is 86.9 cm³/mol. The van der Waals surface area contributed by atoms with Gasteiger partial charge in [-0.15, -0.1) is 11.3 Å². The molecule has 1 unspecified atom stereocenters. The highest BCUT2D eigenvalue weighted by Crippen LogP contribution is 2.25. The van der Waals surface area contributed by atoms with Crippen LogP contribution in [0.1, 0.15) is 34.1 Å². The van der Waals surface area contributed by atoms with E-state index in [2.05, 4.69) is 24.1 Å². The van der Waals surface area contributed by atoms with E-state index in [9.17, 15) is 8.42 Å². The van der Waals surface area contributed by atoms with Crippen LogP contribution >= 0.6 is 11.3 Å². The van der Waals surface area contributed by atoms with E-state index in [1.165, 1.54) is 4.88 Å². The Morgan fingerprint density at radius 2 is 1.90 bits per heavy atom. The normalized spacial score (nSPS) is 13.1. The summed E-state index contributed by atoms with van der Waals surface area (Å²) in [5.74, 6) is -0.146. The van der Waals surface area contributed by atoms with Crippen molar-refractivity contribution in [3.63, 3.8) is 0 Å². The maximum atomic E-state index is 11.0. The van der Waals surface area contributed by atoms with Crippen LogP contribution in [0.2, 0.25) is 0 Å². The van der Waals surface area contributed by atoms with Crippen LogP contribution in [0.15, 0.2) is 24.3 Å². The van der Waals surface area contributed by atoms with Crippen LogP contribution in [0.5, 0.6) is 0 Å². The molecule has 1 aromatic carbocycles. The third-order valence-corrected chi connectivity index (χ3v) is 4.69. The second-order valence-corrected chi connectivity index (χ2v) is 8.07. The zero-order chi connectivity index (χ0) is 15.6. The van der Waals surface area contributed by atoms with Crippen LogP contribution < -0.4 is 10.5 Å². The number of primary sulfonamides is 1. The van der Waals surface area contributed by atoms with Gasteiger partial charge >= 0.3 is 0 Å². The van der Waals surface area contributed by atoms with Crippen LogP contribution in [0.25, 0.3) is 0 Å². The monoisotopic (exact) mass is 325 g/mol. The molecule has 0 aliphatic rings.